The number of alkyl halides is 1. The second kappa shape index (κ2) is 4.85. The third kappa shape index (κ3) is 2.46. The van der Waals surface area contributed by atoms with Gasteiger partial charge in [0, 0.05) is 5.02 Å². The van der Waals surface area contributed by atoms with Gasteiger partial charge in [-0.15, -0.1) is 11.6 Å². The Labute approximate surface area is 107 Å². The van der Waals surface area contributed by atoms with Gasteiger partial charge in [0.25, 0.3) is 0 Å². The molecule has 0 heterocycles. The fraction of sp³-hybridized carbons (Fsp3) is 0.538. The second-order valence-electron chi connectivity index (χ2n) is 4.49. The summed E-state index contributed by atoms with van der Waals surface area (Å²) in [6.45, 7) is 2.20. The van der Waals surface area contributed by atoms with E-state index >= 15 is 0 Å². The van der Waals surface area contributed by atoms with Crippen LogP contribution in [0.1, 0.15) is 30.7 Å². The van der Waals surface area contributed by atoms with Gasteiger partial charge in [0.1, 0.15) is 5.75 Å². The minimum absolute atomic E-state index is 0.00547. The highest BCUT2D eigenvalue weighted by atomic mass is 35.5. The number of hydrogen-bond donors (Lipinski definition) is 0. The zero-order valence-corrected chi connectivity index (χ0v) is 11.1. The monoisotopic (exact) mass is 258 g/mol. The molecule has 2 atom stereocenters. The van der Waals surface area contributed by atoms with Crippen LogP contribution < -0.4 is 4.74 Å². The summed E-state index contributed by atoms with van der Waals surface area (Å²) < 4.78 is 5.12. The van der Waals surface area contributed by atoms with Crippen molar-refractivity contribution in [2.24, 2.45) is 11.8 Å². The third-order valence-corrected chi connectivity index (χ3v) is 4.29. The first-order valence-electron chi connectivity index (χ1n) is 5.61. The topological polar surface area (TPSA) is 9.23 Å². The molecule has 0 bridgehead atoms. The molecule has 2 rings (SSSR count). The number of benzene rings is 1. The second-order valence-corrected chi connectivity index (χ2v) is 5.36. The number of ether oxygens (including phenoxy) is 1. The van der Waals surface area contributed by atoms with Crippen LogP contribution in [0.5, 0.6) is 5.75 Å². The number of rotatable bonds is 4. The van der Waals surface area contributed by atoms with Crippen LogP contribution in [0.2, 0.25) is 5.02 Å². The highest BCUT2D eigenvalue weighted by molar-refractivity contribution is 6.33. The Kier molecular flexibility index (Phi) is 3.66. The number of methoxy groups -OCH3 is 1. The molecule has 3 heteroatoms. The van der Waals surface area contributed by atoms with Crippen LogP contribution in [0, 0.1) is 11.8 Å². The summed E-state index contributed by atoms with van der Waals surface area (Å²) in [6.07, 6.45) is 2.61. The van der Waals surface area contributed by atoms with Gasteiger partial charge in [-0.05, 0) is 42.4 Å². The van der Waals surface area contributed by atoms with Crippen LogP contribution in [0.3, 0.4) is 0 Å². The standard InChI is InChI=1S/C13H16Cl2O/c1-8(9-3-4-9)13(15)11-6-5-10(16-2)7-12(11)14/h5-9,13H,3-4H2,1-2H3. The van der Waals surface area contributed by atoms with Crippen LogP contribution in [0.15, 0.2) is 18.2 Å². The number of hydrogen-bond acceptors (Lipinski definition) is 1. The van der Waals surface area contributed by atoms with Crippen LogP contribution in [-0.2, 0) is 0 Å². The molecule has 0 N–H and O–H groups in total. The van der Waals surface area contributed by atoms with Gasteiger partial charge in [0.15, 0.2) is 0 Å². The molecule has 1 fully saturated rings. The normalized spacial score (nSPS) is 19.2. The molecular formula is C13H16Cl2O. The lowest BCUT2D eigenvalue weighted by molar-refractivity contribution is 0.414. The lowest BCUT2D eigenvalue weighted by atomic mass is 9.96. The Morgan fingerprint density at radius 2 is 2.06 bits per heavy atom. The lowest BCUT2D eigenvalue weighted by Crippen LogP contribution is -2.06. The van der Waals surface area contributed by atoms with E-state index in [0.717, 1.165) is 17.2 Å². The zero-order valence-electron chi connectivity index (χ0n) is 9.54. The zero-order chi connectivity index (χ0) is 11.7. The van der Waals surface area contributed by atoms with Crippen molar-refractivity contribution in [2.45, 2.75) is 25.1 Å². The third-order valence-electron chi connectivity index (χ3n) is 3.33. The quantitative estimate of drug-likeness (QED) is 0.713. The molecule has 0 radical (unpaired) electrons. The van der Waals surface area contributed by atoms with E-state index in [0.29, 0.717) is 10.9 Å². The molecule has 0 aromatic heterocycles. The minimum atomic E-state index is 0.00547. The summed E-state index contributed by atoms with van der Waals surface area (Å²) in [7, 11) is 1.64. The van der Waals surface area contributed by atoms with Gasteiger partial charge >= 0.3 is 0 Å². The van der Waals surface area contributed by atoms with E-state index in [1.165, 1.54) is 12.8 Å². The van der Waals surface area contributed by atoms with Crippen LogP contribution in [-0.4, -0.2) is 7.11 Å². The Morgan fingerprint density at radius 3 is 2.56 bits per heavy atom. The van der Waals surface area contributed by atoms with Gasteiger partial charge in [0.2, 0.25) is 0 Å². The van der Waals surface area contributed by atoms with E-state index in [1.807, 2.05) is 18.2 Å². The van der Waals surface area contributed by atoms with E-state index in [2.05, 4.69) is 6.92 Å². The molecule has 1 aliphatic carbocycles. The molecule has 1 nitrogen and oxygen atoms in total. The van der Waals surface area contributed by atoms with Crippen molar-refractivity contribution in [1.82, 2.24) is 0 Å². The molecule has 1 aromatic carbocycles. The van der Waals surface area contributed by atoms with E-state index < -0.39 is 0 Å². The van der Waals surface area contributed by atoms with Crippen molar-refractivity contribution < 1.29 is 4.74 Å². The highest BCUT2D eigenvalue weighted by Crippen LogP contribution is 2.46. The van der Waals surface area contributed by atoms with Crippen molar-refractivity contribution in [3.05, 3.63) is 28.8 Å². The van der Waals surface area contributed by atoms with Gasteiger partial charge in [-0.2, -0.15) is 0 Å². The van der Waals surface area contributed by atoms with Gasteiger partial charge < -0.3 is 4.74 Å². The Balaban J connectivity index is 2.18. The Hall–Kier alpha value is -0.400. The predicted molar refractivity (Wildman–Crippen MR) is 68.5 cm³/mol. The molecule has 1 aromatic rings. The molecule has 0 aliphatic heterocycles. The van der Waals surface area contributed by atoms with Gasteiger partial charge in [-0.3, -0.25) is 0 Å². The maximum atomic E-state index is 6.47. The van der Waals surface area contributed by atoms with Crippen molar-refractivity contribution in [1.29, 1.82) is 0 Å². The van der Waals surface area contributed by atoms with E-state index in [4.69, 9.17) is 27.9 Å². The van der Waals surface area contributed by atoms with Gasteiger partial charge in [-0.25, -0.2) is 0 Å². The van der Waals surface area contributed by atoms with E-state index in [9.17, 15) is 0 Å². The van der Waals surface area contributed by atoms with Crippen molar-refractivity contribution >= 4 is 23.2 Å². The van der Waals surface area contributed by atoms with Crippen LogP contribution >= 0.6 is 23.2 Å². The van der Waals surface area contributed by atoms with E-state index in [1.54, 1.807) is 7.11 Å². The fourth-order valence-corrected chi connectivity index (χ4v) is 2.74. The molecule has 0 saturated heterocycles. The summed E-state index contributed by atoms with van der Waals surface area (Å²) in [4.78, 5) is 0. The lowest BCUT2D eigenvalue weighted by Gasteiger charge is -2.19. The molecule has 1 aliphatic rings. The minimum Gasteiger partial charge on any atom is -0.497 e. The Bertz CT molecular complexity index is 374. The average Bonchev–Trinajstić information content (AvgIpc) is 3.10. The largest absolute Gasteiger partial charge is 0.497 e. The molecule has 2 unspecified atom stereocenters. The fourth-order valence-electron chi connectivity index (χ4n) is 2.00. The summed E-state index contributed by atoms with van der Waals surface area (Å²) in [5.41, 5.74) is 1.02. The van der Waals surface area contributed by atoms with Gasteiger partial charge in [-0.1, -0.05) is 24.6 Å². The van der Waals surface area contributed by atoms with E-state index in [-0.39, 0.29) is 5.38 Å². The first-order chi connectivity index (χ1) is 7.63. The smallest absolute Gasteiger partial charge is 0.120 e. The average molecular weight is 259 g/mol. The molecule has 0 amide bonds. The van der Waals surface area contributed by atoms with Crippen molar-refractivity contribution in [3.63, 3.8) is 0 Å². The predicted octanol–water partition coefficient (Wildman–Crippen LogP) is 4.67. The molecular weight excluding hydrogens is 243 g/mol. The molecule has 0 spiro atoms. The van der Waals surface area contributed by atoms with Gasteiger partial charge in [0.05, 0.1) is 12.5 Å². The maximum absolute atomic E-state index is 6.47. The molecule has 1 saturated carbocycles. The van der Waals surface area contributed by atoms with Crippen LogP contribution in [0.25, 0.3) is 0 Å². The summed E-state index contributed by atoms with van der Waals surface area (Å²) in [5.74, 6) is 2.05. The summed E-state index contributed by atoms with van der Waals surface area (Å²) in [5, 5.41) is 0.706. The summed E-state index contributed by atoms with van der Waals surface area (Å²) in [6, 6.07) is 5.71. The highest BCUT2D eigenvalue weighted by Gasteiger charge is 2.33. The SMILES string of the molecule is COc1ccc(C(Cl)C(C)C2CC2)c(Cl)c1. The van der Waals surface area contributed by atoms with Crippen molar-refractivity contribution in [2.75, 3.05) is 7.11 Å². The maximum Gasteiger partial charge on any atom is 0.120 e. The molecule has 16 heavy (non-hydrogen) atoms. The van der Waals surface area contributed by atoms with Crippen molar-refractivity contribution in [3.8, 4) is 5.75 Å². The number of halogens is 2. The first kappa shape index (κ1) is 12.1. The Morgan fingerprint density at radius 1 is 1.38 bits per heavy atom. The van der Waals surface area contributed by atoms with Crippen LogP contribution in [0.4, 0.5) is 0 Å². The summed E-state index contributed by atoms with van der Waals surface area (Å²) >= 11 is 12.7. The molecule has 88 valence electrons. The first-order valence-corrected chi connectivity index (χ1v) is 6.42.